The van der Waals surface area contributed by atoms with E-state index in [4.69, 9.17) is 4.74 Å². The molecule has 21 heavy (non-hydrogen) atoms. The van der Waals surface area contributed by atoms with Gasteiger partial charge >= 0.3 is 0 Å². The van der Waals surface area contributed by atoms with Crippen LogP contribution in [0.1, 0.15) is 40.2 Å². The molecule has 4 nitrogen and oxygen atoms in total. The molecule has 1 amide bonds. The van der Waals surface area contributed by atoms with E-state index in [1.807, 2.05) is 0 Å². The Labute approximate surface area is 128 Å². The molecule has 110 valence electrons. The number of amides is 1. The number of hydrogen-bond donors (Lipinski definition) is 1. The second kappa shape index (κ2) is 6.26. The predicted octanol–water partition coefficient (Wildman–Crippen LogP) is 3.67. The highest BCUT2D eigenvalue weighted by atomic mass is 32.1. The lowest BCUT2D eigenvalue weighted by atomic mass is 10.2. The van der Waals surface area contributed by atoms with Crippen LogP contribution in [0.15, 0.2) is 24.3 Å². The minimum atomic E-state index is -0.124. The molecule has 1 aliphatic carbocycles. The van der Waals surface area contributed by atoms with E-state index in [1.54, 1.807) is 42.7 Å². The van der Waals surface area contributed by atoms with Crippen LogP contribution in [0.5, 0.6) is 5.75 Å². The van der Waals surface area contributed by atoms with Crippen LogP contribution in [0.2, 0.25) is 0 Å². The van der Waals surface area contributed by atoms with Crippen molar-refractivity contribution in [2.45, 2.75) is 32.1 Å². The van der Waals surface area contributed by atoms with Gasteiger partial charge in [0.2, 0.25) is 0 Å². The molecule has 1 aromatic heterocycles. The SMILES string of the molecule is COc1ccc(C(=O)Nc2nc3c(s2)CCCCC3)cc1. The Morgan fingerprint density at radius 2 is 1.95 bits per heavy atom. The Hall–Kier alpha value is -1.88. The third-order valence-corrected chi connectivity index (χ3v) is 4.74. The number of nitrogens with one attached hydrogen (secondary N) is 1. The highest BCUT2D eigenvalue weighted by Gasteiger charge is 2.16. The van der Waals surface area contributed by atoms with E-state index in [1.165, 1.54) is 29.8 Å². The quantitative estimate of drug-likeness (QED) is 0.880. The maximum Gasteiger partial charge on any atom is 0.257 e. The molecule has 1 heterocycles. The number of ether oxygens (including phenoxy) is 1. The maximum atomic E-state index is 12.2. The Balaban J connectivity index is 1.72. The lowest BCUT2D eigenvalue weighted by Crippen LogP contribution is -2.11. The van der Waals surface area contributed by atoms with Crippen LogP contribution in [0.4, 0.5) is 5.13 Å². The summed E-state index contributed by atoms with van der Waals surface area (Å²) in [6, 6.07) is 7.08. The summed E-state index contributed by atoms with van der Waals surface area (Å²) < 4.78 is 5.09. The number of rotatable bonds is 3. The second-order valence-electron chi connectivity index (χ2n) is 5.13. The van der Waals surface area contributed by atoms with Gasteiger partial charge in [0.25, 0.3) is 5.91 Å². The van der Waals surface area contributed by atoms with Crippen LogP contribution in [-0.4, -0.2) is 18.0 Å². The summed E-state index contributed by atoms with van der Waals surface area (Å²) in [5, 5.41) is 3.61. The molecule has 1 aliphatic rings. The predicted molar refractivity (Wildman–Crippen MR) is 84.3 cm³/mol. The average molecular weight is 302 g/mol. The number of thiazole rings is 1. The zero-order chi connectivity index (χ0) is 14.7. The molecule has 0 saturated heterocycles. The lowest BCUT2D eigenvalue weighted by molar-refractivity contribution is 0.102. The van der Waals surface area contributed by atoms with Gasteiger partial charge in [0.05, 0.1) is 12.8 Å². The Kier molecular flexibility index (Phi) is 4.20. The highest BCUT2D eigenvalue weighted by Crippen LogP contribution is 2.29. The van der Waals surface area contributed by atoms with Crippen molar-refractivity contribution in [3.63, 3.8) is 0 Å². The maximum absolute atomic E-state index is 12.2. The number of aromatic nitrogens is 1. The first-order chi connectivity index (χ1) is 10.3. The molecule has 0 unspecified atom stereocenters. The molecule has 0 spiro atoms. The van der Waals surface area contributed by atoms with Crippen LogP contribution < -0.4 is 10.1 Å². The van der Waals surface area contributed by atoms with Gasteiger partial charge < -0.3 is 4.74 Å². The minimum absolute atomic E-state index is 0.124. The van der Waals surface area contributed by atoms with Crippen molar-refractivity contribution in [3.8, 4) is 5.75 Å². The first-order valence-electron chi connectivity index (χ1n) is 7.20. The number of aryl methyl sites for hydroxylation is 2. The number of carbonyl (C=O) groups is 1. The number of nitrogens with zero attached hydrogens (tertiary/aromatic N) is 1. The molecule has 0 fully saturated rings. The molecule has 3 rings (SSSR count). The van der Waals surface area contributed by atoms with Crippen LogP contribution in [0.25, 0.3) is 0 Å². The zero-order valence-corrected chi connectivity index (χ0v) is 12.8. The first kappa shape index (κ1) is 14.1. The van der Waals surface area contributed by atoms with Gasteiger partial charge in [-0.1, -0.05) is 6.42 Å². The fourth-order valence-electron chi connectivity index (χ4n) is 2.49. The molecular weight excluding hydrogens is 284 g/mol. The fourth-order valence-corrected chi connectivity index (χ4v) is 3.54. The van der Waals surface area contributed by atoms with E-state index in [0.717, 1.165) is 18.6 Å². The number of hydrogen-bond acceptors (Lipinski definition) is 4. The summed E-state index contributed by atoms with van der Waals surface area (Å²) in [6.45, 7) is 0. The number of benzene rings is 1. The molecule has 1 aromatic carbocycles. The lowest BCUT2D eigenvalue weighted by Gasteiger charge is -2.03. The van der Waals surface area contributed by atoms with Crippen molar-refractivity contribution in [1.82, 2.24) is 4.98 Å². The summed E-state index contributed by atoms with van der Waals surface area (Å²) in [7, 11) is 1.61. The highest BCUT2D eigenvalue weighted by molar-refractivity contribution is 7.15. The van der Waals surface area contributed by atoms with Gasteiger partial charge in [-0.3, -0.25) is 10.1 Å². The third kappa shape index (κ3) is 3.24. The fraction of sp³-hybridized carbons (Fsp3) is 0.375. The molecule has 0 atom stereocenters. The first-order valence-corrected chi connectivity index (χ1v) is 8.02. The van der Waals surface area contributed by atoms with E-state index < -0.39 is 0 Å². The van der Waals surface area contributed by atoms with Gasteiger partial charge in [-0.15, -0.1) is 11.3 Å². The second-order valence-corrected chi connectivity index (χ2v) is 6.22. The molecule has 0 saturated carbocycles. The summed E-state index contributed by atoms with van der Waals surface area (Å²) in [4.78, 5) is 18.1. The van der Waals surface area contributed by atoms with E-state index in [0.29, 0.717) is 10.7 Å². The van der Waals surface area contributed by atoms with Crippen molar-refractivity contribution in [3.05, 3.63) is 40.4 Å². The number of anilines is 1. The van der Waals surface area contributed by atoms with Crippen molar-refractivity contribution in [2.75, 3.05) is 12.4 Å². The zero-order valence-electron chi connectivity index (χ0n) is 12.0. The number of fused-ring (bicyclic) bond motifs is 1. The van der Waals surface area contributed by atoms with Crippen LogP contribution >= 0.6 is 11.3 Å². The largest absolute Gasteiger partial charge is 0.497 e. The molecular formula is C16H18N2O2S. The number of methoxy groups -OCH3 is 1. The third-order valence-electron chi connectivity index (χ3n) is 3.67. The molecule has 0 bridgehead atoms. The van der Waals surface area contributed by atoms with Crippen LogP contribution in [0.3, 0.4) is 0 Å². The smallest absolute Gasteiger partial charge is 0.257 e. The molecule has 0 radical (unpaired) electrons. The van der Waals surface area contributed by atoms with Gasteiger partial charge in [0.1, 0.15) is 5.75 Å². The summed E-state index contributed by atoms with van der Waals surface area (Å²) in [6.07, 6.45) is 5.82. The van der Waals surface area contributed by atoms with Gasteiger partial charge in [-0.2, -0.15) is 0 Å². The Morgan fingerprint density at radius 1 is 1.19 bits per heavy atom. The van der Waals surface area contributed by atoms with E-state index in [2.05, 4.69) is 10.3 Å². The van der Waals surface area contributed by atoms with Gasteiger partial charge in [-0.05, 0) is 49.9 Å². The molecule has 1 N–H and O–H groups in total. The van der Waals surface area contributed by atoms with E-state index in [-0.39, 0.29) is 5.91 Å². The summed E-state index contributed by atoms with van der Waals surface area (Å²) in [5.41, 5.74) is 1.78. The summed E-state index contributed by atoms with van der Waals surface area (Å²) in [5.74, 6) is 0.620. The number of carbonyl (C=O) groups excluding carboxylic acids is 1. The Morgan fingerprint density at radius 3 is 2.71 bits per heavy atom. The van der Waals surface area contributed by atoms with E-state index >= 15 is 0 Å². The average Bonchev–Trinajstić information content (AvgIpc) is 2.76. The Bertz CT molecular complexity index is 611. The van der Waals surface area contributed by atoms with Crippen LogP contribution in [0, 0.1) is 0 Å². The van der Waals surface area contributed by atoms with Crippen molar-refractivity contribution >= 4 is 22.4 Å². The van der Waals surface area contributed by atoms with Gasteiger partial charge in [0.15, 0.2) is 5.13 Å². The molecule has 0 aliphatic heterocycles. The van der Waals surface area contributed by atoms with Crippen LogP contribution in [-0.2, 0) is 12.8 Å². The van der Waals surface area contributed by atoms with E-state index in [9.17, 15) is 4.79 Å². The standard InChI is InChI=1S/C16H18N2O2S/c1-20-12-9-7-11(8-10-12)15(19)18-16-17-13-5-3-2-4-6-14(13)21-16/h7-10H,2-6H2,1H3,(H,17,18,19). The minimum Gasteiger partial charge on any atom is -0.497 e. The molecule has 2 aromatic rings. The normalized spacial score (nSPS) is 14.1. The topological polar surface area (TPSA) is 51.2 Å². The molecule has 5 heteroatoms. The van der Waals surface area contributed by atoms with Crippen molar-refractivity contribution in [1.29, 1.82) is 0 Å². The van der Waals surface area contributed by atoms with Gasteiger partial charge in [0, 0.05) is 10.4 Å². The monoisotopic (exact) mass is 302 g/mol. The van der Waals surface area contributed by atoms with Crippen molar-refractivity contribution in [2.24, 2.45) is 0 Å². The summed E-state index contributed by atoms with van der Waals surface area (Å²) >= 11 is 1.61. The van der Waals surface area contributed by atoms with Gasteiger partial charge in [-0.25, -0.2) is 4.98 Å². The van der Waals surface area contributed by atoms with Crippen molar-refractivity contribution < 1.29 is 9.53 Å².